The van der Waals surface area contributed by atoms with Gasteiger partial charge in [0, 0.05) is 25.3 Å². The highest BCUT2D eigenvalue weighted by molar-refractivity contribution is 14.0. The highest BCUT2D eigenvalue weighted by Gasteiger charge is 2.03. The van der Waals surface area contributed by atoms with Crippen molar-refractivity contribution in [3.8, 4) is 5.75 Å². The molecule has 0 radical (unpaired) electrons. The summed E-state index contributed by atoms with van der Waals surface area (Å²) in [7, 11) is 1.70. The molecule has 0 saturated heterocycles. The Morgan fingerprint density at radius 2 is 1.96 bits per heavy atom. The topological polar surface area (TPSA) is 63.5 Å². The van der Waals surface area contributed by atoms with Gasteiger partial charge in [-0.1, -0.05) is 12.1 Å². The third kappa shape index (κ3) is 7.40. The van der Waals surface area contributed by atoms with E-state index in [2.05, 4.69) is 57.5 Å². The number of aliphatic imine (C=N–C) groups is 1. The summed E-state index contributed by atoms with van der Waals surface area (Å²) >= 11 is 0. The average Bonchev–Trinajstić information content (AvgIpc) is 2.94. The molecular formula is C20H32IN5O. The Balaban J connectivity index is 0.00000364. The molecule has 0 unspecified atom stereocenters. The van der Waals surface area contributed by atoms with Crippen LogP contribution in [0.5, 0.6) is 5.75 Å². The zero-order valence-corrected chi connectivity index (χ0v) is 19.3. The van der Waals surface area contributed by atoms with Crippen LogP contribution >= 0.6 is 24.0 Å². The Kier molecular flexibility index (Phi) is 10.2. The summed E-state index contributed by atoms with van der Waals surface area (Å²) in [6, 6.07) is 8.31. The fourth-order valence-corrected chi connectivity index (χ4v) is 2.81. The number of rotatable bonds is 8. The second kappa shape index (κ2) is 11.8. The molecule has 0 bridgehead atoms. The number of nitrogens with zero attached hydrogens (tertiary/aromatic N) is 3. The molecule has 0 atom stereocenters. The number of ether oxygens (including phenoxy) is 1. The van der Waals surface area contributed by atoms with E-state index in [9.17, 15) is 0 Å². The van der Waals surface area contributed by atoms with Crippen LogP contribution in [-0.2, 0) is 13.1 Å². The molecule has 27 heavy (non-hydrogen) atoms. The molecule has 1 aromatic carbocycles. The maximum Gasteiger partial charge on any atom is 0.191 e. The lowest BCUT2D eigenvalue weighted by Gasteiger charge is -2.12. The molecule has 0 fully saturated rings. The van der Waals surface area contributed by atoms with E-state index in [4.69, 9.17) is 4.74 Å². The van der Waals surface area contributed by atoms with E-state index in [0.29, 0.717) is 6.54 Å². The molecule has 150 valence electrons. The van der Waals surface area contributed by atoms with Crippen LogP contribution in [0.1, 0.15) is 35.9 Å². The summed E-state index contributed by atoms with van der Waals surface area (Å²) in [4.78, 5) is 4.67. The molecule has 0 spiro atoms. The smallest absolute Gasteiger partial charge is 0.191 e. The van der Waals surface area contributed by atoms with Crippen LogP contribution in [0.25, 0.3) is 0 Å². The van der Waals surface area contributed by atoms with Crippen molar-refractivity contribution in [3.63, 3.8) is 0 Å². The minimum Gasteiger partial charge on any atom is -0.496 e. The molecule has 0 saturated carbocycles. The minimum absolute atomic E-state index is 0. The van der Waals surface area contributed by atoms with Crippen LogP contribution in [0.15, 0.2) is 29.3 Å². The number of aryl methyl sites for hydroxylation is 4. The number of guanidine groups is 1. The van der Waals surface area contributed by atoms with E-state index in [1.807, 2.05) is 19.9 Å². The van der Waals surface area contributed by atoms with Gasteiger partial charge >= 0.3 is 0 Å². The molecule has 0 aliphatic rings. The minimum atomic E-state index is 0. The largest absolute Gasteiger partial charge is 0.496 e. The van der Waals surface area contributed by atoms with Crippen LogP contribution in [0.4, 0.5) is 0 Å². The van der Waals surface area contributed by atoms with Crippen molar-refractivity contribution < 1.29 is 4.74 Å². The molecule has 0 aliphatic carbocycles. The second-order valence-corrected chi connectivity index (χ2v) is 6.43. The third-order valence-corrected chi connectivity index (χ3v) is 4.18. The Hall–Kier alpha value is -1.77. The number of hydrogen-bond acceptors (Lipinski definition) is 3. The van der Waals surface area contributed by atoms with Gasteiger partial charge in [0.1, 0.15) is 5.75 Å². The van der Waals surface area contributed by atoms with Gasteiger partial charge in [0.25, 0.3) is 0 Å². The standard InChI is InChI=1S/C20H31N5O.HI/c1-6-21-20(22-10-7-11-25-17(4)12-16(3)24-25)23-14-18-9-8-15(2)19(13-18)26-5;/h8-9,12-13H,6-7,10-11,14H2,1-5H3,(H2,21,22,23);1H. The van der Waals surface area contributed by atoms with Crippen molar-refractivity contribution >= 4 is 29.9 Å². The van der Waals surface area contributed by atoms with E-state index in [0.717, 1.165) is 54.6 Å². The van der Waals surface area contributed by atoms with Crippen molar-refractivity contribution in [3.05, 3.63) is 46.8 Å². The summed E-state index contributed by atoms with van der Waals surface area (Å²) < 4.78 is 7.44. The first-order valence-corrected chi connectivity index (χ1v) is 9.20. The van der Waals surface area contributed by atoms with Crippen LogP contribution in [0.2, 0.25) is 0 Å². The number of hydrogen-bond donors (Lipinski definition) is 2. The molecular weight excluding hydrogens is 453 g/mol. The fraction of sp³-hybridized carbons (Fsp3) is 0.500. The van der Waals surface area contributed by atoms with Crippen molar-refractivity contribution in [2.75, 3.05) is 20.2 Å². The van der Waals surface area contributed by atoms with Gasteiger partial charge in [0.2, 0.25) is 0 Å². The average molecular weight is 485 g/mol. The zero-order valence-electron chi connectivity index (χ0n) is 17.0. The summed E-state index contributed by atoms with van der Waals surface area (Å²) in [5.41, 5.74) is 4.54. The normalized spacial score (nSPS) is 11.1. The number of halogens is 1. The van der Waals surface area contributed by atoms with Crippen molar-refractivity contribution in [2.24, 2.45) is 4.99 Å². The van der Waals surface area contributed by atoms with Crippen LogP contribution < -0.4 is 15.4 Å². The zero-order chi connectivity index (χ0) is 18.9. The predicted octanol–water partition coefficient (Wildman–Crippen LogP) is 3.58. The second-order valence-electron chi connectivity index (χ2n) is 6.43. The van der Waals surface area contributed by atoms with Gasteiger partial charge in [-0.25, -0.2) is 4.99 Å². The molecule has 2 N–H and O–H groups in total. The lowest BCUT2D eigenvalue weighted by molar-refractivity contribution is 0.411. The first-order chi connectivity index (χ1) is 12.5. The van der Waals surface area contributed by atoms with Crippen molar-refractivity contribution in [1.82, 2.24) is 20.4 Å². The highest BCUT2D eigenvalue weighted by Crippen LogP contribution is 2.19. The highest BCUT2D eigenvalue weighted by atomic mass is 127. The van der Waals surface area contributed by atoms with E-state index in [1.165, 1.54) is 5.69 Å². The van der Waals surface area contributed by atoms with Crippen molar-refractivity contribution in [2.45, 2.75) is 47.2 Å². The summed E-state index contributed by atoms with van der Waals surface area (Å²) in [5, 5.41) is 11.2. The Labute approximate surface area is 179 Å². The Morgan fingerprint density at radius 1 is 1.19 bits per heavy atom. The van der Waals surface area contributed by atoms with E-state index in [1.54, 1.807) is 7.11 Å². The number of aromatic nitrogens is 2. The lowest BCUT2D eigenvalue weighted by Crippen LogP contribution is -2.38. The maximum atomic E-state index is 5.38. The van der Waals surface area contributed by atoms with E-state index < -0.39 is 0 Å². The summed E-state index contributed by atoms with van der Waals surface area (Å²) in [6.45, 7) is 11.4. The monoisotopic (exact) mass is 485 g/mol. The molecule has 0 aliphatic heterocycles. The van der Waals surface area contributed by atoms with Gasteiger partial charge in [-0.2, -0.15) is 5.10 Å². The SMILES string of the molecule is CCNC(=NCc1ccc(C)c(OC)c1)NCCCn1nc(C)cc1C.I. The van der Waals surface area contributed by atoms with E-state index >= 15 is 0 Å². The quantitative estimate of drug-likeness (QED) is 0.260. The number of nitrogens with one attached hydrogen (secondary N) is 2. The predicted molar refractivity (Wildman–Crippen MR) is 122 cm³/mol. The molecule has 2 rings (SSSR count). The molecule has 7 heteroatoms. The van der Waals surface area contributed by atoms with Crippen LogP contribution in [-0.4, -0.2) is 35.9 Å². The van der Waals surface area contributed by atoms with Crippen LogP contribution in [0.3, 0.4) is 0 Å². The molecule has 0 amide bonds. The van der Waals surface area contributed by atoms with Gasteiger partial charge in [0.05, 0.1) is 19.3 Å². The van der Waals surface area contributed by atoms with Gasteiger partial charge in [-0.15, -0.1) is 24.0 Å². The summed E-state index contributed by atoms with van der Waals surface area (Å²) in [5.74, 6) is 1.74. The van der Waals surface area contributed by atoms with Gasteiger partial charge in [-0.3, -0.25) is 4.68 Å². The van der Waals surface area contributed by atoms with Gasteiger partial charge < -0.3 is 15.4 Å². The molecule has 1 aromatic heterocycles. The van der Waals surface area contributed by atoms with E-state index in [-0.39, 0.29) is 24.0 Å². The van der Waals surface area contributed by atoms with Gasteiger partial charge in [0.15, 0.2) is 5.96 Å². The maximum absolute atomic E-state index is 5.38. The van der Waals surface area contributed by atoms with Crippen LogP contribution in [0, 0.1) is 20.8 Å². The molecule has 1 heterocycles. The lowest BCUT2D eigenvalue weighted by atomic mass is 10.1. The van der Waals surface area contributed by atoms with Crippen molar-refractivity contribution in [1.29, 1.82) is 0 Å². The Bertz CT molecular complexity index is 742. The molecule has 2 aromatic rings. The van der Waals surface area contributed by atoms with Gasteiger partial charge in [-0.05, 0) is 57.4 Å². The Morgan fingerprint density at radius 3 is 2.59 bits per heavy atom. The fourth-order valence-electron chi connectivity index (χ4n) is 2.81. The molecule has 6 nitrogen and oxygen atoms in total. The summed E-state index contributed by atoms with van der Waals surface area (Å²) in [6.07, 6.45) is 0.991. The first-order valence-electron chi connectivity index (χ1n) is 9.20. The number of methoxy groups -OCH3 is 1. The third-order valence-electron chi connectivity index (χ3n) is 4.18. The number of benzene rings is 1. The first kappa shape index (κ1) is 23.3.